The van der Waals surface area contributed by atoms with E-state index in [9.17, 15) is 4.79 Å². The quantitative estimate of drug-likeness (QED) is 0.317. The van der Waals surface area contributed by atoms with Gasteiger partial charge in [0, 0.05) is 25.5 Å². The fraction of sp³-hybridized carbons (Fsp3) is 0.250. The van der Waals surface area contributed by atoms with Gasteiger partial charge in [0.1, 0.15) is 0 Å². The van der Waals surface area contributed by atoms with E-state index in [1.54, 1.807) is 0 Å². The molecule has 0 aliphatic heterocycles. The van der Waals surface area contributed by atoms with Crippen LogP contribution in [0.25, 0.3) is 0 Å². The van der Waals surface area contributed by atoms with Crippen LogP contribution in [0.3, 0.4) is 0 Å². The highest BCUT2D eigenvalue weighted by Crippen LogP contribution is 2.08. The van der Waals surface area contributed by atoms with Crippen molar-refractivity contribution in [1.29, 1.82) is 0 Å². The Bertz CT molecular complexity index is 389. The van der Waals surface area contributed by atoms with E-state index in [1.165, 1.54) is 14.2 Å². The smallest absolute Gasteiger partial charge is 0.436 e. The van der Waals surface area contributed by atoms with Crippen LogP contribution < -0.4 is 5.19 Å². The first-order chi connectivity index (χ1) is 8.68. The molecule has 0 radical (unpaired) electrons. The van der Waals surface area contributed by atoms with Gasteiger partial charge in [0.2, 0.25) is 0 Å². The molecular formula is C12H16O5Si. The molecule has 1 rings (SSSR count). The summed E-state index contributed by atoms with van der Waals surface area (Å²) in [6.07, 6.45) is 1.06. The van der Waals surface area contributed by atoms with Crippen molar-refractivity contribution in [1.82, 2.24) is 0 Å². The van der Waals surface area contributed by atoms with E-state index in [-0.39, 0.29) is 6.79 Å². The summed E-state index contributed by atoms with van der Waals surface area (Å²) in [5, 5.41) is 0.796. The fourth-order valence-electron chi connectivity index (χ4n) is 1.39. The van der Waals surface area contributed by atoms with Crippen molar-refractivity contribution in [2.24, 2.45) is 0 Å². The Balaban J connectivity index is 2.75. The van der Waals surface area contributed by atoms with E-state index < -0.39 is 14.8 Å². The summed E-state index contributed by atoms with van der Waals surface area (Å²) < 4.78 is 21.0. The zero-order valence-corrected chi connectivity index (χ0v) is 11.4. The molecule has 1 aromatic rings. The number of carbonyl (C=O) groups is 1. The maximum atomic E-state index is 10.9. The lowest BCUT2D eigenvalue weighted by Crippen LogP contribution is -2.55. The van der Waals surface area contributed by atoms with Gasteiger partial charge in [-0.05, 0) is 0 Å². The molecule has 0 aliphatic rings. The second-order valence-corrected chi connectivity index (χ2v) is 6.06. The van der Waals surface area contributed by atoms with Crippen LogP contribution in [0.15, 0.2) is 43.0 Å². The Labute approximate surface area is 107 Å². The summed E-state index contributed by atoms with van der Waals surface area (Å²) in [5.74, 6) is -0.557. The van der Waals surface area contributed by atoms with Crippen LogP contribution in [0.1, 0.15) is 0 Å². The first-order valence-corrected chi connectivity index (χ1v) is 7.00. The number of esters is 1. The highest BCUT2D eigenvalue weighted by molar-refractivity contribution is 6.75. The minimum absolute atomic E-state index is 0.242. The van der Waals surface area contributed by atoms with E-state index in [0.717, 1.165) is 11.3 Å². The van der Waals surface area contributed by atoms with Gasteiger partial charge in [0.05, 0.1) is 0 Å². The second kappa shape index (κ2) is 7.07. The zero-order valence-electron chi connectivity index (χ0n) is 10.4. The third-order valence-electron chi connectivity index (χ3n) is 2.28. The molecule has 1 aromatic carbocycles. The largest absolute Gasteiger partial charge is 0.539 e. The molecule has 98 valence electrons. The molecule has 0 atom stereocenters. The van der Waals surface area contributed by atoms with Crippen LogP contribution in [0.4, 0.5) is 0 Å². The Morgan fingerprint density at radius 3 is 2.39 bits per heavy atom. The van der Waals surface area contributed by atoms with Crippen LogP contribution in [-0.2, 0) is 22.8 Å². The molecule has 0 fully saturated rings. The molecule has 0 amide bonds. The first kappa shape index (κ1) is 14.6. The number of hydrogen-bond acceptors (Lipinski definition) is 5. The third kappa shape index (κ3) is 3.51. The number of ether oxygens (including phenoxy) is 1. The summed E-state index contributed by atoms with van der Waals surface area (Å²) >= 11 is 0. The van der Waals surface area contributed by atoms with Crippen molar-refractivity contribution < 1.29 is 22.8 Å². The van der Waals surface area contributed by atoms with Crippen molar-refractivity contribution in [2.75, 3.05) is 21.0 Å². The summed E-state index contributed by atoms with van der Waals surface area (Å²) in [5.41, 5.74) is 0. The minimum Gasteiger partial charge on any atom is -0.436 e. The van der Waals surface area contributed by atoms with Crippen molar-refractivity contribution in [3.8, 4) is 0 Å². The lowest BCUT2D eigenvalue weighted by Gasteiger charge is -2.26. The Morgan fingerprint density at radius 2 is 1.89 bits per heavy atom. The molecule has 0 N–H and O–H groups in total. The minimum atomic E-state index is -3.01. The van der Waals surface area contributed by atoms with Gasteiger partial charge in [-0.2, -0.15) is 0 Å². The lowest BCUT2D eigenvalue weighted by molar-refractivity contribution is -0.146. The van der Waals surface area contributed by atoms with E-state index in [0.29, 0.717) is 0 Å². The Morgan fingerprint density at radius 1 is 1.28 bits per heavy atom. The van der Waals surface area contributed by atoms with E-state index >= 15 is 0 Å². The molecule has 0 heterocycles. The topological polar surface area (TPSA) is 54.0 Å². The van der Waals surface area contributed by atoms with E-state index in [4.69, 9.17) is 18.0 Å². The average Bonchev–Trinajstić information content (AvgIpc) is 2.44. The van der Waals surface area contributed by atoms with Gasteiger partial charge in [-0.3, -0.25) is 0 Å². The summed E-state index contributed by atoms with van der Waals surface area (Å²) in [7, 11) is -0.0145. The SMILES string of the molecule is C=CC(=O)OCO[Si](OC)(OC)c1ccccc1. The number of carbonyl (C=O) groups excluding carboxylic acids is 1. The predicted molar refractivity (Wildman–Crippen MR) is 68.1 cm³/mol. The van der Waals surface area contributed by atoms with Gasteiger partial charge in [-0.15, -0.1) is 0 Å². The number of hydrogen-bond donors (Lipinski definition) is 0. The standard InChI is InChI=1S/C12H16O5Si/c1-4-12(13)16-10-17-18(14-2,15-3)11-8-6-5-7-9-11/h4-9H,1,10H2,2-3H3. The molecule has 6 heteroatoms. The van der Waals surface area contributed by atoms with Crippen LogP contribution >= 0.6 is 0 Å². The fourth-order valence-corrected chi connectivity index (χ4v) is 3.24. The maximum Gasteiger partial charge on any atom is 0.539 e. The zero-order chi connectivity index (χ0) is 13.4. The van der Waals surface area contributed by atoms with Gasteiger partial charge in [-0.25, -0.2) is 4.79 Å². The highest BCUT2D eigenvalue weighted by Gasteiger charge is 2.42. The van der Waals surface area contributed by atoms with Gasteiger partial charge < -0.3 is 18.0 Å². The maximum absolute atomic E-state index is 10.9. The molecular weight excluding hydrogens is 252 g/mol. The van der Waals surface area contributed by atoms with E-state index in [1.807, 2.05) is 30.3 Å². The van der Waals surface area contributed by atoms with Gasteiger partial charge >= 0.3 is 14.8 Å². The average molecular weight is 268 g/mol. The van der Waals surface area contributed by atoms with Gasteiger partial charge in [-0.1, -0.05) is 36.9 Å². The molecule has 0 aromatic heterocycles. The molecule has 0 saturated carbocycles. The summed E-state index contributed by atoms with van der Waals surface area (Å²) in [6, 6.07) is 9.28. The van der Waals surface area contributed by atoms with Crippen LogP contribution in [-0.4, -0.2) is 35.8 Å². The molecule has 0 bridgehead atoms. The number of benzene rings is 1. The van der Waals surface area contributed by atoms with Crippen LogP contribution in [0.5, 0.6) is 0 Å². The summed E-state index contributed by atoms with van der Waals surface area (Å²) in [4.78, 5) is 10.9. The predicted octanol–water partition coefficient (Wildman–Crippen LogP) is 0.829. The van der Waals surface area contributed by atoms with Crippen molar-refractivity contribution in [2.45, 2.75) is 0 Å². The normalized spacial score (nSPS) is 11.0. The lowest BCUT2D eigenvalue weighted by atomic mass is 10.4. The van der Waals surface area contributed by atoms with Gasteiger partial charge in [0.25, 0.3) is 0 Å². The monoisotopic (exact) mass is 268 g/mol. The van der Waals surface area contributed by atoms with Crippen LogP contribution in [0.2, 0.25) is 0 Å². The third-order valence-corrected chi connectivity index (χ3v) is 4.89. The first-order valence-electron chi connectivity index (χ1n) is 5.27. The number of rotatable bonds is 7. The molecule has 0 spiro atoms. The Kier molecular flexibility index (Phi) is 5.73. The Hall–Kier alpha value is -1.47. The molecule has 0 aliphatic carbocycles. The van der Waals surface area contributed by atoms with E-state index in [2.05, 4.69) is 6.58 Å². The van der Waals surface area contributed by atoms with Crippen molar-refractivity contribution >= 4 is 20.0 Å². The molecule has 0 saturated heterocycles. The summed E-state index contributed by atoms with van der Waals surface area (Å²) in [6.45, 7) is 3.05. The van der Waals surface area contributed by atoms with Gasteiger partial charge in [0.15, 0.2) is 6.79 Å². The second-order valence-electron chi connectivity index (χ2n) is 3.26. The molecule has 18 heavy (non-hydrogen) atoms. The highest BCUT2D eigenvalue weighted by atomic mass is 28.4. The van der Waals surface area contributed by atoms with Crippen molar-refractivity contribution in [3.05, 3.63) is 43.0 Å². The molecule has 0 unspecified atom stereocenters. The molecule has 5 nitrogen and oxygen atoms in total. The van der Waals surface area contributed by atoms with Crippen molar-refractivity contribution in [3.63, 3.8) is 0 Å². The van der Waals surface area contributed by atoms with Crippen LogP contribution in [0, 0.1) is 0 Å².